The first-order valence-corrected chi connectivity index (χ1v) is 8.89. The molecule has 2 rings (SSSR count). The summed E-state index contributed by atoms with van der Waals surface area (Å²) in [6, 6.07) is 12.3. The van der Waals surface area contributed by atoms with Crippen LogP contribution in [0.5, 0.6) is 5.75 Å². The molecule has 0 saturated heterocycles. The van der Waals surface area contributed by atoms with Crippen molar-refractivity contribution < 1.29 is 13.2 Å². The molecule has 0 aliphatic carbocycles. The van der Waals surface area contributed by atoms with Crippen LogP contribution in [0.1, 0.15) is 11.1 Å². The highest BCUT2D eigenvalue weighted by atomic mass is 79.9. The van der Waals surface area contributed by atoms with Crippen LogP contribution in [-0.2, 0) is 15.7 Å². The molecular formula is C14H12BrClO3S. The Morgan fingerprint density at radius 2 is 1.90 bits per heavy atom. The van der Waals surface area contributed by atoms with E-state index in [1.807, 2.05) is 31.2 Å². The van der Waals surface area contributed by atoms with Crippen molar-refractivity contribution in [2.45, 2.75) is 18.4 Å². The van der Waals surface area contributed by atoms with Crippen molar-refractivity contribution in [3.8, 4) is 5.75 Å². The molecule has 2 aromatic rings. The van der Waals surface area contributed by atoms with Crippen LogP contribution in [0, 0.1) is 6.92 Å². The molecule has 0 unspecified atom stereocenters. The van der Waals surface area contributed by atoms with Gasteiger partial charge in [-0.05, 0) is 52.2 Å². The Kier molecular flexibility index (Phi) is 4.73. The third kappa shape index (κ3) is 3.75. The van der Waals surface area contributed by atoms with Gasteiger partial charge in [-0.25, -0.2) is 8.42 Å². The van der Waals surface area contributed by atoms with E-state index in [4.69, 9.17) is 15.4 Å². The summed E-state index contributed by atoms with van der Waals surface area (Å²) >= 11 is 3.28. The molecule has 0 aliphatic rings. The number of hydrogen-bond donors (Lipinski definition) is 0. The van der Waals surface area contributed by atoms with E-state index in [-0.39, 0.29) is 4.90 Å². The smallest absolute Gasteiger partial charge is 0.261 e. The highest BCUT2D eigenvalue weighted by Gasteiger charge is 2.12. The fraction of sp³-hybridized carbons (Fsp3) is 0.143. The van der Waals surface area contributed by atoms with E-state index >= 15 is 0 Å². The Hall–Kier alpha value is -1.04. The molecule has 0 aliphatic heterocycles. The zero-order valence-corrected chi connectivity index (χ0v) is 13.8. The Bertz CT molecular complexity index is 729. The van der Waals surface area contributed by atoms with Crippen LogP contribution < -0.4 is 4.74 Å². The van der Waals surface area contributed by atoms with Gasteiger partial charge in [0.2, 0.25) is 0 Å². The number of rotatable bonds is 4. The van der Waals surface area contributed by atoms with E-state index in [0.717, 1.165) is 11.1 Å². The van der Waals surface area contributed by atoms with Crippen molar-refractivity contribution in [2.75, 3.05) is 0 Å². The molecule has 0 aromatic heterocycles. The van der Waals surface area contributed by atoms with Gasteiger partial charge in [0.05, 0.1) is 9.37 Å². The fourth-order valence-corrected chi connectivity index (χ4v) is 3.10. The summed E-state index contributed by atoms with van der Waals surface area (Å²) < 4.78 is 28.7. The van der Waals surface area contributed by atoms with Gasteiger partial charge < -0.3 is 4.74 Å². The Labute approximate surface area is 131 Å². The maximum atomic E-state index is 11.2. The predicted octanol–water partition coefficient (Wildman–Crippen LogP) is 4.26. The van der Waals surface area contributed by atoms with Crippen LogP contribution >= 0.6 is 26.6 Å². The minimum atomic E-state index is -3.73. The Morgan fingerprint density at radius 1 is 1.20 bits per heavy atom. The van der Waals surface area contributed by atoms with Crippen LogP contribution in [0.15, 0.2) is 51.8 Å². The maximum absolute atomic E-state index is 11.2. The van der Waals surface area contributed by atoms with Gasteiger partial charge in [-0.3, -0.25) is 0 Å². The highest BCUT2D eigenvalue weighted by Crippen LogP contribution is 2.29. The quantitative estimate of drug-likeness (QED) is 0.750. The zero-order valence-electron chi connectivity index (χ0n) is 10.6. The summed E-state index contributed by atoms with van der Waals surface area (Å²) in [4.78, 5) is 0.0364. The molecule has 6 heteroatoms. The second-order valence-corrected chi connectivity index (χ2v) is 7.67. The summed E-state index contributed by atoms with van der Waals surface area (Å²) in [5.74, 6) is 0.567. The standard InChI is InChI=1S/C14H12BrClO3S/c1-10-4-2-3-5-11(10)9-19-14-7-6-12(8-13(14)15)20(16,17)18/h2-8H,9H2,1H3. The van der Waals surface area contributed by atoms with Gasteiger partial charge in [0.1, 0.15) is 12.4 Å². The monoisotopic (exact) mass is 374 g/mol. The molecule has 0 radical (unpaired) electrons. The Morgan fingerprint density at radius 3 is 2.50 bits per heavy atom. The van der Waals surface area contributed by atoms with Crippen molar-refractivity contribution in [1.82, 2.24) is 0 Å². The Balaban J connectivity index is 2.17. The van der Waals surface area contributed by atoms with E-state index in [0.29, 0.717) is 16.8 Å². The zero-order chi connectivity index (χ0) is 14.8. The predicted molar refractivity (Wildman–Crippen MR) is 82.7 cm³/mol. The van der Waals surface area contributed by atoms with Gasteiger partial charge in [0.15, 0.2) is 0 Å². The first-order chi connectivity index (χ1) is 9.38. The molecule has 0 bridgehead atoms. The number of aryl methyl sites for hydroxylation is 1. The average Bonchev–Trinajstić information content (AvgIpc) is 2.38. The van der Waals surface area contributed by atoms with E-state index < -0.39 is 9.05 Å². The molecule has 0 spiro atoms. The molecule has 106 valence electrons. The van der Waals surface area contributed by atoms with Gasteiger partial charge in [-0.1, -0.05) is 24.3 Å². The first-order valence-electron chi connectivity index (χ1n) is 5.79. The molecule has 0 amide bonds. The van der Waals surface area contributed by atoms with E-state index in [9.17, 15) is 8.42 Å². The third-order valence-corrected chi connectivity index (χ3v) is 4.80. The number of benzene rings is 2. The van der Waals surface area contributed by atoms with E-state index in [2.05, 4.69) is 15.9 Å². The lowest BCUT2D eigenvalue weighted by atomic mass is 10.1. The van der Waals surface area contributed by atoms with Gasteiger partial charge >= 0.3 is 0 Å². The van der Waals surface area contributed by atoms with Crippen LogP contribution in [0.3, 0.4) is 0 Å². The van der Waals surface area contributed by atoms with Crippen molar-refractivity contribution in [3.63, 3.8) is 0 Å². The fourth-order valence-electron chi connectivity index (χ4n) is 1.68. The van der Waals surface area contributed by atoms with Crippen LogP contribution in [0.25, 0.3) is 0 Å². The van der Waals surface area contributed by atoms with Gasteiger partial charge in [-0.15, -0.1) is 0 Å². The summed E-state index contributed by atoms with van der Waals surface area (Å²) in [5, 5.41) is 0. The molecule has 0 atom stereocenters. The SMILES string of the molecule is Cc1ccccc1COc1ccc(S(=O)(=O)Cl)cc1Br. The van der Waals surface area contributed by atoms with Crippen molar-refractivity contribution in [2.24, 2.45) is 0 Å². The summed E-state index contributed by atoms with van der Waals surface area (Å²) in [7, 11) is 1.56. The van der Waals surface area contributed by atoms with Crippen LogP contribution in [-0.4, -0.2) is 8.42 Å². The molecule has 0 fully saturated rings. The summed E-state index contributed by atoms with van der Waals surface area (Å²) in [6.45, 7) is 2.43. The van der Waals surface area contributed by atoms with E-state index in [1.165, 1.54) is 12.1 Å². The van der Waals surface area contributed by atoms with E-state index in [1.54, 1.807) is 6.07 Å². The van der Waals surface area contributed by atoms with Crippen molar-refractivity contribution in [1.29, 1.82) is 0 Å². The van der Waals surface area contributed by atoms with Crippen LogP contribution in [0.4, 0.5) is 0 Å². The van der Waals surface area contributed by atoms with Crippen molar-refractivity contribution >= 4 is 35.7 Å². The van der Waals surface area contributed by atoms with Gasteiger partial charge in [-0.2, -0.15) is 0 Å². The lowest BCUT2D eigenvalue weighted by Gasteiger charge is -2.10. The normalized spacial score (nSPS) is 11.3. The molecule has 20 heavy (non-hydrogen) atoms. The third-order valence-electron chi connectivity index (χ3n) is 2.83. The molecule has 2 aromatic carbocycles. The summed E-state index contributed by atoms with van der Waals surface area (Å²) in [6.07, 6.45) is 0. The molecule has 0 heterocycles. The molecular weight excluding hydrogens is 364 g/mol. The number of hydrogen-bond acceptors (Lipinski definition) is 3. The number of halogens is 2. The minimum absolute atomic E-state index is 0.0364. The lowest BCUT2D eigenvalue weighted by molar-refractivity contribution is 0.303. The first kappa shape index (κ1) is 15.4. The average molecular weight is 376 g/mol. The minimum Gasteiger partial charge on any atom is -0.488 e. The van der Waals surface area contributed by atoms with Crippen molar-refractivity contribution in [3.05, 3.63) is 58.1 Å². The second-order valence-electron chi connectivity index (χ2n) is 4.25. The molecule has 0 N–H and O–H groups in total. The lowest BCUT2D eigenvalue weighted by Crippen LogP contribution is -1.99. The van der Waals surface area contributed by atoms with Gasteiger partial charge in [0, 0.05) is 10.7 Å². The van der Waals surface area contributed by atoms with Gasteiger partial charge in [0.25, 0.3) is 9.05 Å². The molecule has 0 saturated carbocycles. The van der Waals surface area contributed by atoms with Crippen LogP contribution in [0.2, 0.25) is 0 Å². The second kappa shape index (κ2) is 6.16. The highest BCUT2D eigenvalue weighted by molar-refractivity contribution is 9.10. The largest absolute Gasteiger partial charge is 0.488 e. The summed E-state index contributed by atoms with van der Waals surface area (Å²) in [5.41, 5.74) is 2.22. The topological polar surface area (TPSA) is 43.4 Å². The molecule has 3 nitrogen and oxygen atoms in total. The maximum Gasteiger partial charge on any atom is 0.261 e. The number of ether oxygens (including phenoxy) is 1.